The van der Waals surface area contributed by atoms with Gasteiger partial charge in [0.1, 0.15) is 0 Å². The average Bonchev–Trinajstić information content (AvgIpc) is 2.66. The van der Waals surface area contributed by atoms with Crippen LogP contribution in [0, 0.1) is 19.3 Å². The number of nitrogens with one attached hydrogen (secondary N) is 1. The number of amides is 1. The zero-order valence-electron chi connectivity index (χ0n) is 11.1. The Morgan fingerprint density at radius 1 is 1.44 bits per heavy atom. The summed E-state index contributed by atoms with van der Waals surface area (Å²) in [6, 6.07) is 5.63. The van der Waals surface area contributed by atoms with Gasteiger partial charge in [-0.3, -0.25) is 4.79 Å². The molecule has 4 heteroatoms. The Bertz CT molecular complexity index is 473. The molecular formula is C14H20N2O2. The van der Waals surface area contributed by atoms with Crippen LogP contribution in [0.4, 0.5) is 5.69 Å². The number of aryl methyl sites for hydroxylation is 2. The first kappa shape index (κ1) is 13.1. The second-order valence-corrected chi connectivity index (χ2v) is 5.29. The van der Waals surface area contributed by atoms with Crippen molar-refractivity contribution in [3.05, 3.63) is 29.3 Å². The lowest BCUT2D eigenvalue weighted by atomic mass is 9.85. The van der Waals surface area contributed by atoms with E-state index in [1.807, 2.05) is 39.0 Å². The molecule has 1 aliphatic rings. The molecular weight excluding hydrogens is 228 g/mol. The molecule has 2 atom stereocenters. The van der Waals surface area contributed by atoms with Gasteiger partial charge < -0.3 is 15.8 Å². The number of ether oxygens (including phenoxy) is 1. The van der Waals surface area contributed by atoms with Crippen LogP contribution in [0.15, 0.2) is 18.2 Å². The highest BCUT2D eigenvalue weighted by Crippen LogP contribution is 2.29. The third-order valence-corrected chi connectivity index (χ3v) is 3.80. The zero-order valence-corrected chi connectivity index (χ0v) is 11.1. The van der Waals surface area contributed by atoms with E-state index in [1.165, 1.54) is 5.56 Å². The van der Waals surface area contributed by atoms with E-state index in [1.54, 1.807) is 0 Å². The summed E-state index contributed by atoms with van der Waals surface area (Å²) in [6.07, 6.45) is 0. The molecule has 2 unspecified atom stereocenters. The number of hydrogen-bond acceptors (Lipinski definition) is 3. The second-order valence-electron chi connectivity index (χ2n) is 5.29. The van der Waals surface area contributed by atoms with Crippen LogP contribution in [0.1, 0.15) is 18.1 Å². The number of nitrogens with two attached hydrogens (primary N) is 1. The molecule has 1 fully saturated rings. The van der Waals surface area contributed by atoms with E-state index in [2.05, 4.69) is 5.32 Å². The van der Waals surface area contributed by atoms with Gasteiger partial charge in [-0.1, -0.05) is 6.07 Å². The maximum atomic E-state index is 12.3. The van der Waals surface area contributed by atoms with E-state index in [4.69, 9.17) is 10.5 Å². The third-order valence-electron chi connectivity index (χ3n) is 3.80. The lowest BCUT2D eigenvalue weighted by molar-refractivity contribution is -0.125. The number of benzene rings is 1. The van der Waals surface area contributed by atoms with E-state index in [0.29, 0.717) is 13.2 Å². The fourth-order valence-electron chi connectivity index (χ4n) is 2.02. The molecule has 0 radical (unpaired) electrons. The monoisotopic (exact) mass is 248 g/mol. The lowest BCUT2D eigenvalue weighted by Gasteiger charge is -2.25. The molecule has 98 valence electrons. The molecule has 0 spiro atoms. The molecule has 1 aromatic rings. The second kappa shape index (κ2) is 4.71. The minimum Gasteiger partial charge on any atom is -0.379 e. The van der Waals surface area contributed by atoms with Gasteiger partial charge in [0.25, 0.3) is 0 Å². The van der Waals surface area contributed by atoms with Crippen molar-refractivity contribution in [2.24, 2.45) is 11.1 Å². The van der Waals surface area contributed by atoms with Crippen LogP contribution in [-0.4, -0.2) is 25.2 Å². The number of anilines is 1. The first-order valence-electron chi connectivity index (χ1n) is 6.15. The Hall–Kier alpha value is -1.39. The number of hydrogen-bond donors (Lipinski definition) is 2. The van der Waals surface area contributed by atoms with Gasteiger partial charge in [0.15, 0.2) is 0 Å². The fraction of sp³-hybridized carbons (Fsp3) is 0.500. The normalized spacial score (nSPS) is 27.2. The molecule has 1 aliphatic heterocycles. The predicted molar refractivity (Wildman–Crippen MR) is 71.4 cm³/mol. The highest BCUT2D eigenvalue weighted by atomic mass is 16.5. The van der Waals surface area contributed by atoms with E-state index < -0.39 is 5.41 Å². The van der Waals surface area contributed by atoms with Gasteiger partial charge in [0, 0.05) is 11.7 Å². The summed E-state index contributed by atoms with van der Waals surface area (Å²) in [7, 11) is 0. The summed E-state index contributed by atoms with van der Waals surface area (Å²) in [4.78, 5) is 12.3. The van der Waals surface area contributed by atoms with E-state index in [0.717, 1.165) is 11.3 Å². The fourth-order valence-corrected chi connectivity index (χ4v) is 2.02. The molecule has 0 aliphatic carbocycles. The Morgan fingerprint density at radius 2 is 2.17 bits per heavy atom. The van der Waals surface area contributed by atoms with E-state index in [9.17, 15) is 4.79 Å². The van der Waals surface area contributed by atoms with Gasteiger partial charge in [-0.2, -0.15) is 0 Å². The van der Waals surface area contributed by atoms with Crippen LogP contribution >= 0.6 is 0 Å². The van der Waals surface area contributed by atoms with Crippen LogP contribution in [0.2, 0.25) is 0 Å². The Morgan fingerprint density at radius 3 is 2.72 bits per heavy atom. The molecule has 0 bridgehead atoms. The molecule has 18 heavy (non-hydrogen) atoms. The van der Waals surface area contributed by atoms with Gasteiger partial charge in [0.2, 0.25) is 5.91 Å². The van der Waals surface area contributed by atoms with Crippen molar-refractivity contribution in [2.45, 2.75) is 26.8 Å². The SMILES string of the molecule is Cc1ccc(NC(=O)C2(C)COCC2N)cc1C. The maximum absolute atomic E-state index is 12.3. The Labute approximate surface area is 108 Å². The molecule has 4 nitrogen and oxygen atoms in total. The minimum atomic E-state index is -0.640. The summed E-state index contributed by atoms with van der Waals surface area (Å²) in [5.41, 5.74) is 8.47. The van der Waals surface area contributed by atoms with Gasteiger partial charge in [0.05, 0.1) is 18.6 Å². The van der Waals surface area contributed by atoms with Crippen LogP contribution in [0.5, 0.6) is 0 Å². The first-order chi connectivity index (χ1) is 8.43. The van der Waals surface area contributed by atoms with Crippen LogP contribution < -0.4 is 11.1 Å². The predicted octanol–water partition coefficient (Wildman–Crippen LogP) is 1.61. The molecule has 1 saturated heterocycles. The van der Waals surface area contributed by atoms with Crippen molar-refractivity contribution in [1.82, 2.24) is 0 Å². The maximum Gasteiger partial charge on any atom is 0.234 e. The Kier molecular flexibility index (Phi) is 3.41. The first-order valence-corrected chi connectivity index (χ1v) is 6.15. The van der Waals surface area contributed by atoms with Gasteiger partial charge in [-0.15, -0.1) is 0 Å². The van der Waals surface area contributed by atoms with Crippen molar-refractivity contribution >= 4 is 11.6 Å². The van der Waals surface area contributed by atoms with E-state index >= 15 is 0 Å². The van der Waals surface area contributed by atoms with Crippen molar-refractivity contribution in [3.63, 3.8) is 0 Å². The molecule has 1 amide bonds. The number of carbonyl (C=O) groups excluding carboxylic acids is 1. The highest BCUT2D eigenvalue weighted by molar-refractivity contribution is 5.96. The summed E-state index contributed by atoms with van der Waals surface area (Å²) in [5, 5.41) is 2.92. The third kappa shape index (κ3) is 2.26. The quantitative estimate of drug-likeness (QED) is 0.835. The molecule has 2 rings (SSSR count). The summed E-state index contributed by atoms with van der Waals surface area (Å²) >= 11 is 0. The summed E-state index contributed by atoms with van der Waals surface area (Å²) in [5.74, 6) is -0.0734. The van der Waals surface area contributed by atoms with Crippen molar-refractivity contribution in [2.75, 3.05) is 18.5 Å². The zero-order chi connectivity index (χ0) is 13.3. The molecule has 1 heterocycles. The van der Waals surface area contributed by atoms with Crippen LogP contribution in [0.25, 0.3) is 0 Å². The van der Waals surface area contributed by atoms with Crippen LogP contribution in [0.3, 0.4) is 0 Å². The van der Waals surface area contributed by atoms with E-state index in [-0.39, 0.29) is 11.9 Å². The topological polar surface area (TPSA) is 64.3 Å². The number of carbonyl (C=O) groups is 1. The summed E-state index contributed by atoms with van der Waals surface area (Å²) < 4.78 is 5.29. The number of rotatable bonds is 2. The van der Waals surface area contributed by atoms with Crippen molar-refractivity contribution < 1.29 is 9.53 Å². The molecule has 3 N–H and O–H groups in total. The average molecular weight is 248 g/mol. The molecule has 0 aromatic heterocycles. The summed E-state index contributed by atoms with van der Waals surface area (Å²) in [6.45, 7) is 6.74. The smallest absolute Gasteiger partial charge is 0.234 e. The largest absolute Gasteiger partial charge is 0.379 e. The minimum absolute atomic E-state index is 0.0734. The van der Waals surface area contributed by atoms with Gasteiger partial charge in [-0.25, -0.2) is 0 Å². The molecule has 1 aromatic carbocycles. The van der Waals surface area contributed by atoms with Crippen molar-refractivity contribution in [3.8, 4) is 0 Å². The lowest BCUT2D eigenvalue weighted by Crippen LogP contribution is -2.47. The van der Waals surface area contributed by atoms with Gasteiger partial charge in [-0.05, 0) is 44.0 Å². The van der Waals surface area contributed by atoms with Crippen LogP contribution in [-0.2, 0) is 9.53 Å². The molecule has 0 saturated carbocycles. The standard InChI is InChI=1S/C14H20N2O2/c1-9-4-5-11(6-10(9)2)16-13(17)14(3)8-18-7-12(14)15/h4-6,12H,7-8,15H2,1-3H3,(H,16,17). The Balaban J connectivity index is 2.14. The van der Waals surface area contributed by atoms with Crippen molar-refractivity contribution in [1.29, 1.82) is 0 Å². The van der Waals surface area contributed by atoms with Gasteiger partial charge >= 0.3 is 0 Å². The highest BCUT2D eigenvalue weighted by Gasteiger charge is 2.44.